The maximum Gasteiger partial charge on any atom is 0.343 e. The van der Waals surface area contributed by atoms with Gasteiger partial charge in [-0.15, -0.1) is 0 Å². The third-order valence-corrected chi connectivity index (χ3v) is 15.5. The summed E-state index contributed by atoms with van der Waals surface area (Å²) in [4.78, 5) is 133. The first-order chi connectivity index (χ1) is 37.9. The summed E-state index contributed by atoms with van der Waals surface area (Å²) in [6, 6.07) is 9.82. The average Bonchev–Trinajstić information content (AvgIpc) is 4.08. The lowest BCUT2D eigenvalue weighted by atomic mass is 9.81. The number of halogens is 1. The molecule has 2 aromatic carbocycles. The van der Waals surface area contributed by atoms with E-state index in [9.17, 15) is 57.6 Å². The Kier molecular flexibility index (Phi) is 18.3. The minimum atomic E-state index is -2.06. The normalized spacial score (nSPS) is 17.5. The number of aliphatic hydroxyl groups is 1. The second-order valence-corrected chi connectivity index (χ2v) is 21.0. The summed E-state index contributed by atoms with van der Waals surface area (Å²) in [5.74, 6) is -6.23. The van der Waals surface area contributed by atoms with Gasteiger partial charge in [0.25, 0.3) is 23.3 Å². The van der Waals surface area contributed by atoms with Crippen LogP contribution in [0.25, 0.3) is 22.3 Å². The Hall–Kier alpha value is -7.87. The Morgan fingerprint density at radius 1 is 0.899 bits per heavy atom. The van der Waals surface area contributed by atoms with Crippen molar-refractivity contribution in [1.82, 2.24) is 46.4 Å². The topological polar surface area (TPSA) is 326 Å². The van der Waals surface area contributed by atoms with E-state index in [2.05, 4.69) is 31.9 Å². The Bertz CT molecular complexity index is 3190. The summed E-state index contributed by atoms with van der Waals surface area (Å²) in [6.07, 6.45) is 4.80. The highest BCUT2D eigenvalue weighted by atomic mass is 32.2. The second-order valence-electron chi connectivity index (χ2n) is 19.5. The molecule has 0 spiro atoms. The van der Waals surface area contributed by atoms with Gasteiger partial charge in [-0.1, -0.05) is 43.7 Å². The van der Waals surface area contributed by atoms with Crippen LogP contribution in [0.1, 0.15) is 90.4 Å². The number of ether oxygens (including phenoxy) is 2. The number of aromatic nitrogens is 2. The van der Waals surface area contributed by atoms with Crippen molar-refractivity contribution in [3.8, 4) is 11.4 Å². The lowest BCUT2D eigenvalue weighted by Crippen LogP contribution is -2.52. The minimum Gasteiger partial charge on any atom is -0.616 e. The van der Waals surface area contributed by atoms with E-state index in [0.29, 0.717) is 76.6 Å². The summed E-state index contributed by atoms with van der Waals surface area (Å²) in [6.45, 7) is 1.37. The van der Waals surface area contributed by atoms with E-state index in [1.807, 2.05) is 0 Å². The van der Waals surface area contributed by atoms with Crippen LogP contribution in [0.15, 0.2) is 59.4 Å². The number of nitrogens with zero attached hydrogens (tertiary/aromatic N) is 3. The van der Waals surface area contributed by atoms with Crippen LogP contribution in [-0.2, 0) is 95.4 Å². The van der Waals surface area contributed by atoms with Gasteiger partial charge in [-0.2, -0.15) is 0 Å². The van der Waals surface area contributed by atoms with E-state index < -0.39 is 107 Å². The molecule has 79 heavy (non-hydrogen) atoms. The van der Waals surface area contributed by atoms with Gasteiger partial charge in [0.1, 0.15) is 30.9 Å². The zero-order valence-corrected chi connectivity index (χ0v) is 44.3. The number of imide groups is 1. The van der Waals surface area contributed by atoms with Gasteiger partial charge in [0.05, 0.1) is 61.3 Å². The molecule has 23 nitrogen and oxygen atoms in total. The lowest BCUT2D eigenvalue weighted by molar-refractivity contribution is -0.172. The highest BCUT2D eigenvalue weighted by Crippen LogP contribution is 2.46. The molecule has 418 valence electrons. The van der Waals surface area contributed by atoms with Crippen molar-refractivity contribution in [2.45, 2.75) is 96.1 Å². The monoisotopic (exact) mass is 1110 g/mol. The van der Waals surface area contributed by atoms with Crippen LogP contribution >= 0.6 is 0 Å². The molecule has 0 saturated carbocycles. The van der Waals surface area contributed by atoms with Crippen molar-refractivity contribution in [1.29, 1.82) is 0 Å². The molecule has 2 aromatic heterocycles. The van der Waals surface area contributed by atoms with Crippen molar-refractivity contribution < 1.29 is 66.7 Å². The number of hydrogen-bond donors (Lipinski definition) is 7. The molecule has 1 aliphatic carbocycles. The number of unbranched alkanes of at least 4 members (excludes halogenated alkanes) is 2. The van der Waals surface area contributed by atoms with E-state index in [0.717, 1.165) is 10.5 Å². The Labute approximate surface area is 455 Å². The first-order valence-electron chi connectivity index (χ1n) is 25.8. The molecule has 0 radical (unpaired) electrons. The molecule has 4 aliphatic rings. The minimum absolute atomic E-state index is 0.0424. The number of pyridine rings is 2. The molecule has 1 unspecified atom stereocenters. The fourth-order valence-electron chi connectivity index (χ4n) is 10.1. The van der Waals surface area contributed by atoms with E-state index in [1.54, 1.807) is 50.2 Å². The molecular weight excluding hydrogens is 1050 g/mol. The Morgan fingerprint density at radius 3 is 2.35 bits per heavy atom. The predicted molar refractivity (Wildman–Crippen MR) is 281 cm³/mol. The molecule has 8 rings (SSSR count). The molecule has 8 amide bonds. The van der Waals surface area contributed by atoms with Gasteiger partial charge in [0, 0.05) is 54.1 Å². The van der Waals surface area contributed by atoms with Gasteiger partial charge in [0.2, 0.25) is 29.5 Å². The number of carbonyl (C=O) groups excluding carboxylic acids is 9. The summed E-state index contributed by atoms with van der Waals surface area (Å²) in [5, 5.41) is 27.4. The quantitative estimate of drug-likeness (QED) is 0.0133. The molecule has 25 heteroatoms. The summed E-state index contributed by atoms with van der Waals surface area (Å²) in [5.41, 5.74) is 1.80. The van der Waals surface area contributed by atoms with Crippen molar-refractivity contribution in [2.24, 2.45) is 0 Å². The molecule has 0 bridgehead atoms. The van der Waals surface area contributed by atoms with E-state index in [1.165, 1.54) is 22.8 Å². The highest BCUT2D eigenvalue weighted by molar-refractivity contribution is 7.92. The number of cyclic esters (lactones) is 1. The van der Waals surface area contributed by atoms with Crippen LogP contribution in [0.3, 0.4) is 0 Å². The Balaban J connectivity index is 0.767. The van der Waals surface area contributed by atoms with Crippen LogP contribution in [0.4, 0.5) is 4.39 Å². The molecule has 4 aromatic rings. The molecule has 5 heterocycles. The van der Waals surface area contributed by atoms with Gasteiger partial charge in [-0.3, -0.25) is 48.1 Å². The number of nitrogens with one attached hydrogen (secondary N) is 6. The van der Waals surface area contributed by atoms with Crippen LogP contribution in [-0.4, -0.2) is 134 Å². The first-order valence-corrected chi connectivity index (χ1v) is 27.3. The summed E-state index contributed by atoms with van der Waals surface area (Å²) in [7, 11) is 0. The van der Waals surface area contributed by atoms with E-state index in [4.69, 9.17) is 14.5 Å². The fourth-order valence-corrected chi connectivity index (χ4v) is 10.9. The van der Waals surface area contributed by atoms with Gasteiger partial charge in [-0.05, 0) is 78.5 Å². The van der Waals surface area contributed by atoms with E-state index >= 15 is 4.39 Å². The van der Waals surface area contributed by atoms with E-state index in [-0.39, 0.29) is 81.0 Å². The Morgan fingerprint density at radius 2 is 1.61 bits per heavy atom. The fraction of sp³-hybridized carbons (Fsp3) is 0.426. The van der Waals surface area contributed by atoms with Gasteiger partial charge >= 0.3 is 5.97 Å². The number of rotatable bonds is 25. The third kappa shape index (κ3) is 13.2. The molecule has 3 aliphatic heterocycles. The average molecular weight is 1110 g/mol. The maximum absolute atomic E-state index is 15.4. The number of aryl methyl sites for hydroxylation is 1. The first kappa shape index (κ1) is 57.3. The summed E-state index contributed by atoms with van der Waals surface area (Å²) >= 11 is -1.72. The van der Waals surface area contributed by atoms with Crippen molar-refractivity contribution in [3.05, 3.63) is 110 Å². The second kappa shape index (κ2) is 25.3. The third-order valence-electron chi connectivity index (χ3n) is 14.3. The number of amides is 8. The number of hydrogen-bond acceptors (Lipinski definition) is 15. The number of benzene rings is 2. The molecule has 7 N–H and O–H groups in total. The zero-order chi connectivity index (χ0) is 56.5. The summed E-state index contributed by atoms with van der Waals surface area (Å²) < 4.78 is 40.6. The van der Waals surface area contributed by atoms with Crippen LogP contribution in [0.5, 0.6) is 0 Å². The number of fused-ring (bicyclic) bond motifs is 5. The maximum atomic E-state index is 15.4. The highest BCUT2D eigenvalue weighted by Gasteiger charge is 2.46. The SMILES string of the molecule is CC[C@@]1(O)C(=O)OCc2c1cc1n(c2=O)Cc2c-1nc1cc(F)c(C)c3c1c2[C@@H](NC(=O)C[S+]([O-])CCOCNC(=O)CNC(=O)[C@H](Cc1ccccc1)NC(=O)CNC(=O)CNC(=O)CCCCCN1C(=O)C=CC1=O)CC3. The van der Waals surface area contributed by atoms with Crippen molar-refractivity contribution in [3.63, 3.8) is 0 Å². The van der Waals surface area contributed by atoms with Crippen LogP contribution in [0, 0.1) is 12.7 Å². The standard InChI is InChI=1S/C54H60FN9O14S/c1-3-54(75)35-21-40-50-33(26-64(40)52(73)34(35)27-78-53(54)74)49-37(14-13-32-30(2)36(55)22-38(62-50)48(32)49)60-45(69)28-79(76)19-18-77-29-59-43(67)24-58-51(72)39(20-31-10-6-4-7-11-31)61-44(68)25-57-42(66)23-56-41(65)12-8-5-9-17-63-46(70)15-16-47(63)71/h4,6-7,10-11,15-16,21-22,37,39,75H,3,5,8-9,12-14,17-20,23-29H2,1-2H3,(H,56,65)(H,57,66)(H,58,72)(H,59,67)(H,60,69)(H,61,68)/t37-,39-,54-,79?/m0/s1. The molecule has 0 saturated heterocycles. The van der Waals surface area contributed by atoms with Crippen molar-refractivity contribution >= 4 is 75.3 Å². The van der Waals surface area contributed by atoms with Gasteiger partial charge < -0.3 is 55.6 Å². The van der Waals surface area contributed by atoms with Crippen LogP contribution in [0.2, 0.25) is 0 Å². The zero-order valence-electron chi connectivity index (χ0n) is 43.5. The molecule has 4 atom stereocenters. The van der Waals surface area contributed by atoms with Crippen molar-refractivity contribution in [2.75, 3.05) is 51.0 Å². The van der Waals surface area contributed by atoms with Gasteiger partial charge in [-0.25, -0.2) is 14.2 Å². The molecular formula is C54H60FN9O14S. The van der Waals surface area contributed by atoms with Crippen LogP contribution < -0.4 is 37.5 Å². The largest absolute Gasteiger partial charge is 0.616 e. The lowest BCUT2D eigenvalue weighted by Gasteiger charge is -2.31. The molecule has 0 fully saturated rings. The number of carbonyl (C=O) groups is 9. The predicted octanol–water partition coefficient (Wildman–Crippen LogP) is 0.0311. The van der Waals surface area contributed by atoms with Gasteiger partial charge in [0.15, 0.2) is 11.4 Å². The number of esters is 1. The smallest absolute Gasteiger partial charge is 0.343 e.